The van der Waals surface area contributed by atoms with E-state index in [4.69, 9.17) is 11.3 Å². The normalized spacial score (nSPS) is 12.7. The Morgan fingerprint density at radius 1 is 1.14 bits per heavy atom. The van der Waals surface area contributed by atoms with Crippen LogP contribution >= 0.6 is 0 Å². The van der Waals surface area contributed by atoms with Gasteiger partial charge in [-0.2, -0.15) is 0 Å². The van der Waals surface area contributed by atoms with Crippen molar-refractivity contribution in [1.29, 1.82) is 0 Å². The second kappa shape index (κ2) is 5.87. The SMILES string of the molecule is [C-]#[N+]c1ccccc1C1=C(C(=O)OCC)Cc2ccccc21. The molecule has 0 heterocycles. The van der Waals surface area contributed by atoms with E-state index in [1.807, 2.05) is 42.5 Å². The molecule has 3 rings (SSSR count). The van der Waals surface area contributed by atoms with Crippen molar-refractivity contribution in [1.82, 2.24) is 0 Å². The van der Waals surface area contributed by atoms with E-state index in [2.05, 4.69) is 4.85 Å². The molecule has 1 aliphatic carbocycles. The molecule has 108 valence electrons. The number of rotatable bonds is 3. The first-order valence-electron chi connectivity index (χ1n) is 7.21. The quantitative estimate of drug-likeness (QED) is 0.627. The summed E-state index contributed by atoms with van der Waals surface area (Å²) in [5.74, 6) is -0.298. The van der Waals surface area contributed by atoms with Gasteiger partial charge in [0.2, 0.25) is 0 Å². The number of fused-ring (bicyclic) bond motifs is 1. The van der Waals surface area contributed by atoms with Crippen LogP contribution in [0.2, 0.25) is 0 Å². The van der Waals surface area contributed by atoms with E-state index in [9.17, 15) is 4.79 Å². The minimum Gasteiger partial charge on any atom is -0.463 e. The highest BCUT2D eigenvalue weighted by molar-refractivity contribution is 6.06. The summed E-state index contributed by atoms with van der Waals surface area (Å²) in [5, 5.41) is 0. The number of nitrogens with zero attached hydrogens (tertiary/aromatic N) is 1. The van der Waals surface area contributed by atoms with Gasteiger partial charge in [0.15, 0.2) is 5.69 Å². The van der Waals surface area contributed by atoms with Gasteiger partial charge in [-0.05, 0) is 29.2 Å². The lowest BCUT2D eigenvalue weighted by atomic mass is 9.96. The van der Waals surface area contributed by atoms with Crippen LogP contribution in [0, 0.1) is 6.57 Å². The zero-order valence-corrected chi connectivity index (χ0v) is 12.3. The standard InChI is InChI=1S/C19H15NO2/c1-3-22-19(21)16-12-13-8-4-5-9-14(13)18(16)15-10-6-7-11-17(15)20-2/h4-11H,3,12H2,1H3. The van der Waals surface area contributed by atoms with E-state index in [0.29, 0.717) is 24.3 Å². The molecule has 3 nitrogen and oxygen atoms in total. The van der Waals surface area contributed by atoms with Crippen LogP contribution < -0.4 is 0 Å². The number of para-hydroxylation sites is 1. The molecule has 0 aromatic heterocycles. The fourth-order valence-corrected chi connectivity index (χ4v) is 2.84. The summed E-state index contributed by atoms with van der Waals surface area (Å²) in [5.41, 5.74) is 4.93. The first-order chi connectivity index (χ1) is 10.8. The van der Waals surface area contributed by atoms with Crippen molar-refractivity contribution in [3.63, 3.8) is 0 Å². The molecule has 0 atom stereocenters. The second-order valence-corrected chi connectivity index (χ2v) is 5.04. The van der Waals surface area contributed by atoms with Gasteiger partial charge in [-0.25, -0.2) is 9.64 Å². The molecule has 0 saturated carbocycles. The summed E-state index contributed by atoms with van der Waals surface area (Å²) in [6.45, 7) is 9.52. The second-order valence-electron chi connectivity index (χ2n) is 5.04. The fourth-order valence-electron chi connectivity index (χ4n) is 2.84. The number of benzene rings is 2. The lowest BCUT2D eigenvalue weighted by molar-refractivity contribution is -0.138. The summed E-state index contributed by atoms with van der Waals surface area (Å²) in [6, 6.07) is 15.3. The van der Waals surface area contributed by atoms with Crippen LogP contribution in [0.15, 0.2) is 54.1 Å². The molecular formula is C19H15NO2. The average Bonchev–Trinajstić information content (AvgIpc) is 2.94. The maximum atomic E-state index is 12.3. The molecule has 0 N–H and O–H groups in total. The van der Waals surface area contributed by atoms with Crippen LogP contribution in [-0.4, -0.2) is 12.6 Å². The van der Waals surface area contributed by atoms with Crippen molar-refractivity contribution < 1.29 is 9.53 Å². The molecular weight excluding hydrogens is 274 g/mol. The van der Waals surface area contributed by atoms with Crippen molar-refractivity contribution >= 4 is 17.2 Å². The molecule has 0 bridgehead atoms. The fraction of sp³-hybridized carbons (Fsp3) is 0.158. The molecule has 22 heavy (non-hydrogen) atoms. The van der Waals surface area contributed by atoms with E-state index in [-0.39, 0.29) is 5.97 Å². The van der Waals surface area contributed by atoms with E-state index >= 15 is 0 Å². The Kier molecular flexibility index (Phi) is 3.76. The Morgan fingerprint density at radius 2 is 1.82 bits per heavy atom. The van der Waals surface area contributed by atoms with Gasteiger partial charge in [-0.3, -0.25) is 0 Å². The maximum Gasteiger partial charge on any atom is 0.334 e. The van der Waals surface area contributed by atoms with Crippen LogP contribution in [0.4, 0.5) is 5.69 Å². The number of ether oxygens (including phenoxy) is 1. The molecule has 3 heteroatoms. The summed E-state index contributed by atoms with van der Waals surface area (Å²) in [6.07, 6.45) is 0.552. The Morgan fingerprint density at radius 3 is 2.55 bits per heavy atom. The highest BCUT2D eigenvalue weighted by atomic mass is 16.5. The Hall–Kier alpha value is -2.86. The highest BCUT2D eigenvalue weighted by Gasteiger charge is 2.28. The van der Waals surface area contributed by atoms with Crippen LogP contribution in [0.25, 0.3) is 10.4 Å². The van der Waals surface area contributed by atoms with Crippen LogP contribution in [0.5, 0.6) is 0 Å². The largest absolute Gasteiger partial charge is 0.463 e. The number of carbonyl (C=O) groups is 1. The number of hydrogen-bond donors (Lipinski definition) is 0. The maximum absolute atomic E-state index is 12.3. The molecule has 2 aromatic carbocycles. The minimum atomic E-state index is -0.298. The number of hydrogen-bond acceptors (Lipinski definition) is 2. The predicted molar refractivity (Wildman–Crippen MR) is 85.5 cm³/mol. The third-order valence-electron chi connectivity index (χ3n) is 3.77. The van der Waals surface area contributed by atoms with Gasteiger partial charge in [-0.15, -0.1) is 0 Å². The first kappa shape index (κ1) is 14.1. The average molecular weight is 289 g/mol. The van der Waals surface area contributed by atoms with Gasteiger partial charge in [0.25, 0.3) is 0 Å². The number of esters is 1. The summed E-state index contributed by atoms with van der Waals surface area (Å²) in [7, 11) is 0. The Labute approximate surface area is 129 Å². The lowest BCUT2D eigenvalue weighted by Gasteiger charge is -2.10. The smallest absolute Gasteiger partial charge is 0.334 e. The van der Waals surface area contributed by atoms with Gasteiger partial charge < -0.3 is 4.74 Å². The monoisotopic (exact) mass is 289 g/mol. The highest BCUT2D eigenvalue weighted by Crippen LogP contribution is 2.41. The summed E-state index contributed by atoms with van der Waals surface area (Å²) < 4.78 is 5.21. The van der Waals surface area contributed by atoms with Gasteiger partial charge >= 0.3 is 5.97 Å². The van der Waals surface area contributed by atoms with Crippen molar-refractivity contribution in [3.8, 4) is 0 Å². The molecule has 0 unspecified atom stereocenters. The molecule has 0 fully saturated rings. The van der Waals surface area contributed by atoms with Gasteiger partial charge in [0, 0.05) is 12.0 Å². The van der Waals surface area contributed by atoms with Crippen LogP contribution in [-0.2, 0) is 16.0 Å². The zero-order chi connectivity index (χ0) is 15.5. The molecule has 2 aromatic rings. The Balaban J connectivity index is 2.23. The van der Waals surface area contributed by atoms with Crippen molar-refractivity contribution in [2.24, 2.45) is 0 Å². The predicted octanol–water partition coefficient (Wildman–Crippen LogP) is 4.16. The zero-order valence-electron chi connectivity index (χ0n) is 12.3. The third kappa shape index (κ3) is 2.29. The first-order valence-corrected chi connectivity index (χ1v) is 7.21. The van der Waals surface area contributed by atoms with E-state index in [1.165, 1.54) is 0 Å². The van der Waals surface area contributed by atoms with E-state index in [0.717, 1.165) is 22.3 Å². The van der Waals surface area contributed by atoms with E-state index in [1.54, 1.807) is 13.0 Å². The molecule has 0 spiro atoms. The van der Waals surface area contributed by atoms with Gasteiger partial charge in [0.05, 0.1) is 13.2 Å². The molecule has 0 aliphatic heterocycles. The van der Waals surface area contributed by atoms with Gasteiger partial charge in [-0.1, -0.05) is 48.5 Å². The van der Waals surface area contributed by atoms with Gasteiger partial charge in [0.1, 0.15) is 0 Å². The van der Waals surface area contributed by atoms with Crippen LogP contribution in [0.1, 0.15) is 23.6 Å². The molecule has 0 amide bonds. The molecule has 0 saturated heterocycles. The van der Waals surface area contributed by atoms with Crippen molar-refractivity contribution in [2.75, 3.05) is 6.61 Å². The summed E-state index contributed by atoms with van der Waals surface area (Å²) in [4.78, 5) is 15.9. The minimum absolute atomic E-state index is 0.298. The molecule has 0 radical (unpaired) electrons. The summed E-state index contributed by atoms with van der Waals surface area (Å²) >= 11 is 0. The van der Waals surface area contributed by atoms with Crippen LogP contribution in [0.3, 0.4) is 0 Å². The topological polar surface area (TPSA) is 30.7 Å². The number of carbonyl (C=O) groups excluding carboxylic acids is 1. The van der Waals surface area contributed by atoms with Crippen molar-refractivity contribution in [3.05, 3.63) is 82.2 Å². The lowest BCUT2D eigenvalue weighted by Crippen LogP contribution is -2.09. The Bertz CT molecular complexity index is 812. The molecule has 1 aliphatic rings. The third-order valence-corrected chi connectivity index (χ3v) is 3.77. The van der Waals surface area contributed by atoms with E-state index < -0.39 is 0 Å². The van der Waals surface area contributed by atoms with Crippen molar-refractivity contribution in [2.45, 2.75) is 13.3 Å².